The van der Waals surface area contributed by atoms with Crippen molar-refractivity contribution in [2.45, 2.75) is 0 Å². The van der Waals surface area contributed by atoms with Gasteiger partial charge in [-0.3, -0.25) is 0 Å². The molecule has 1 N–H and O–H groups in total. The van der Waals surface area contributed by atoms with E-state index in [1.807, 2.05) is 0 Å². The largest absolute Gasteiger partial charge is 0.247 e. The molecule has 2 rings (SSSR count). The average molecular weight is 269 g/mol. The summed E-state index contributed by atoms with van der Waals surface area (Å²) >= 11 is 15.0. The highest BCUT2D eigenvalue weighted by atomic mass is 79.9. The van der Waals surface area contributed by atoms with Gasteiger partial charge >= 0.3 is 0 Å². The van der Waals surface area contributed by atoms with Gasteiger partial charge in [-0.05, 0) is 0 Å². The Morgan fingerprint density at radius 2 is 2.33 bits per heavy atom. The Balaban J connectivity index is 2.46. The standard InChI is InChI=1S/C6H4BrCl2N3/c7-3-2-10-12-5(9)1-4(8)11-6(3)12/h1,10H,2H2. The first-order chi connectivity index (χ1) is 5.68. The molecule has 0 spiro atoms. The Hall–Kier alpha value is -0.0300. The van der Waals surface area contributed by atoms with Gasteiger partial charge in [0.15, 0.2) is 5.82 Å². The SMILES string of the molecule is ClC1=CC(Cl)=NC2=C(Br)CNN12. The second-order valence-corrected chi connectivity index (χ2v) is 4.03. The number of nitrogens with zero attached hydrogens (tertiary/aromatic N) is 2. The Labute approximate surface area is 87.8 Å². The second-order valence-electron chi connectivity index (χ2n) is 2.30. The first-order valence-corrected chi connectivity index (χ1v) is 4.77. The third-order valence-corrected chi connectivity index (χ3v) is 2.62. The van der Waals surface area contributed by atoms with Crippen molar-refractivity contribution in [3.05, 3.63) is 21.5 Å². The lowest BCUT2D eigenvalue weighted by Crippen LogP contribution is -2.30. The highest BCUT2D eigenvalue weighted by molar-refractivity contribution is 9.11. The van der Waals surface area contributed by atoms with Crippen LogP contribution in [0.5, 0.6) is 0 Å². The average Bonchev–Trinajstić information content (AvgIpc) is 2.33. The number of hydrogen-bond donors (Lipinski definition) is 1. The van der Waals surface area contributed by atoms with Crippen LogP contribution in [0.1, 0.15) is 0 Å². The quantitative estimate of drug-likeness (QED) is 0.682. The molecule has 64 valence electrons. The summed E-state index contributed by atoms with van der Waals surface area (Å²) < 4.78 is 0.951. The van der Waals surface area contributed by atoms with Crippen LogP contribution in [0.3, 0.4) is 0 Å². The molecular formula is C6H4BrCl2N3. The third-order valence-electron chi connectivity index (χ3n) is 1.51. The van der Waals surface area contributed by atoms with Crippen LogP contribution in [-0.2, 0) is 0 Å². The van der Waals surface area contributed by atoms with Crippen molar-refractivity contribution in [2.75, 3.05) is 6.54 Å². The van der Waals surface area contributed by atoms with Crippen molar-refractivity contribution in [2.24, 2.45) is 4.99 Å². The molecule has 2 aliphatic rings. The number of hydrazine groups is 1. The van der Waals surface area contributed by atoms with Crippen molar-refractivity contribution >= 4 is 44.3 Å². The molecule has 0 aromatic rings. The minimum absolute atomic E-state index is 0.395. The summed E-state index contributed by atoms with van der Waals surface area (Å²) in [6, 6.07) is 0. The van der Waals surface area contributed by atoms with E-state index in [0.29, 0.717) is 16.9 Å². The second kappa shape index (κ2) is 3.03. The van der Waals surface area contributed by atoms with E-state index in [9.17, 15) is 0 Å². The summed E-state index contributed by atoms with van der Waals surface area (Å²) in [5, 5.41) is 2.60. The lowest BCUT2D eigenvalue weighted by molar-refractivity contribution is 0.371. The van der Waals surface area contributed by atoms with E-state index >= 15 is 0 Å². The van der Waals surface area contributed by atoms with Crippen LogP contribution in [0.25, 0.3) is 0 Å². The van der Waals surface area contributed by atoms with Gasteiger partial charge < -0.3 is 0 Å². The Kier molecular flexibility index (Phi) is 2.16. The first kappa shape index (κ1) is 8.56. The maximum absolute atomic E-state index is 5.88. The van der Waals surface area contributed by atoms with Gasteiger partial charge in [-0.15, -0.1) is 0 Å². The maximum atomic E-state index is 5.88. The predicted molar refractivity (Wildman–Crippen MR) is 53.0 cm³/mol. The smallest absolute Gasteiger partial charge is 0.161 e. The summed E-state index contributed by atoms with van der Waals surface area (Å²) in [7, 11) is 0. The fourth-order valence-corrected chi connectivity index (χ4v) is 1.88. The molecule has 0 saturated carbocycles. The van der Waals surface area contributed by atoms with Crippen LogP contribution in [0, 0.1) is 0 Å². The monoisotopic (exact) mass is 267 g/mol. The Morgan fingerprint density at radius 1 is 1.58 bits per heavy atom. The van der Waals surface area contributed by atoms with Crippen LogP contribution in [-0.4, -0.2) is 16.7 Å². The highest BCUT2D eigenvalue weighted by Gasteiger charge is 2.25. The molecule has 0 atom stereocenters. The molecule has 6 heteroatoms. The highest BCUT2D eigenvalue weighted by Crippen LogP contribution is 2.29. The topological polar surface area (TPSA) is 27.6 Å². The van der Waals surface area contributed by atoms with Crippen molar-refractivity contribution < 1.29 is 0 Å². The molecule has 3 nitrogen and oxygen atoms in total. The summed E-state index contributed by atoms with van der Waals surface area (Å²) in [5.74, 6) is 0.729. The number of rotatable bonds is 0. The fourth-order valence-electron chi connectivity index (χ4n) is 1.01. The zero-order chi connectivity index (χ0) is 8.72. The van der Waals surface area contributed by atoms with Crippen molar-refractivity contribution in [1.82, 2.24) is 10.4 Å². The van der Waals surface area contributed by atoms with E-state index in [2.05, 4.69) is 26.3 Å². The molecule has 2 heterocycles. The maximum Gasteiger partial charge on any atom is 0.161 e. The van der Waals surface area contributed by atoms with Crippen LogP contribution in [0.15, 0.2) is 26.5 Å². The number of nitrogens with one attached hydrogen (secondary N) is 1. The van der Waals surface area contributed by atoms with E-state index in [0.717, 1.165) is 10.3 Å². The van der Waals surface area contributed by atoms with E-state index in [-0.39, 0.29) is 0 Å². The summed E-state index contributed by atoms with van der Waals surface area (Å²) in [4.78, 5) is 4.09. The van der Waals surface area contributed by atoms with Crippen LogP contribution in [0.2, 0.25) is 0 Å². The number of hydrogen-bond acceptors (Lipinski definition) is 3. The van der Waals surface area contributed by atoms with Gasteiger partial charge in [-0.2, -0.15) is 0 Å². The van der Waals surface area contributed by atoms with Gasteiger partial charge in [0.2, 0.25) is 0 Å². The molecule has 0 aliphatic carbocycles. The van der Waals surface area contributed by atoms with Gasteiger partial charge in [-0.25, -0.2) is 15.4 Å². The van der Waals surface area contributed by atoms with E-state index < -0.39 is 0 Å². The zero-order valence-electron chi connectivity index (χ0n) is 5.81. The fraction of sp³-hybridized carbons (Fsp3) is 0.167. The van der Waals surface area contributed by atoms with Crippen LogP contribution in [0.4, 0.5) is 0 Å². The van der Waals surface area contributed by atoms with Gasteiger partial charge in [0.25, 0.3) is 0 Å². The lowest BCUT2D eigenvalue weighted by Gasteiger charge is -2.20. The molecule has 0 fully saturated rings. The molecule has 0 unspecified atom stereocenters. The minimum atomic E-state index is 0.395. The third kappa shape index (κ3) is 1.29. The van der Waals surface area contributed by atoms with Gasteiger partial charge in [0.1, 0.15) is 10.3 Å². The molecule has 0 aromatic carbocycles. The number of fused-ring (bicyclic) bond motifs is 1. The molecular weight excluding hydrogens is 265 g/mol. The van der Waals surface area contributed by atoms with Crippen molar-refractivity contribution in [1.29, 1.82) is 0 Å². The van der Waals surface area contributed by atoms with E-state index in [1.165, 1.54) is 0 Å². The van der Waals surface area contributed by atoms with E-state index in [1.54, 1.807) is 11.1 Å². The number of allylic oxidation sites excluding steroid dienone is 1. The molecule has 0 bridgehead atoms. The molecule has 0 aromatic heterocycles. The number of aliphatic imine (C=N–C) groups is 1. The molecule has 0 amide bonds. The van der Waals surface area contributed by atoms with Crippen LogP contribution >= 0.6 is 39.1 Å². The Bertz CT molecular complexity index is 321. The summed E-state index contributed by atoms with van der Waals surface area (Å²) in [6.07, 6.45) is 1.59. The molecule has 0 radical (unpaired) electrons. The lowest BCUT2D eigenvalue weighted by atomic mass is 10.5. The predicted octanol–water partition coefficient (Wildman–Crippen LogP) is 2.10. The number of halogens is 3. The van der Waals surface area contributed by atoms with Gasteiger partial charge in [0, 0.05) is 6.08 Å². The molecule has 0 saturated heterocycles. The normalized spacial score (nSPS) is 22.4. The van der Waals surface area contributed by atoms with E-state index in [4.69, 9.17) is 23.2 Å². The molecule has 12 heavy (non-hydrogen) atoms. The molecule has 2 aliphatic heterocycles. The van der Waals surface area contributed by atoms with Crippen molar-refractivity contribution in [3.8, 4) is 0 Å². The summed E-state index contributed by atoms with van der Waals surface area (Å²) in [5.41, 5.74) is 3.03. The minimum Gasteiger partial charge on any atom is -0.247 e. The first-order valence-electron chi connectivity index (χ1n) is 3.22. The Morgan fingerprint density at radius 3 is 3.08 bits per heavy atom. The summed E-state index contributed by atoms with van der Waals surface area (Å²) in [6.45, 7) is 0.688. The van der Waals surface area contributed by atoms with Crippen LogP contribution < -0.4 is 5.43 Å². The van der Waals surface area contributed by atoms with Gasteiger partial charge in [-0.1, -0.05) is 39.1 Å². The van der Waals surface area contributed by atoms with Crippen molar-refractivity contribution in [3.63, 3.8) is 0 Å². The zero-order valence-corrected chi connectivity index (χ0v) is 8.91. The van der Waals surface area contributed by atoms with Gasteiger partial charge in [0.05, 0.1) is 11.0 Å².